The van der Waals surface area contributed by atoms with Gasteiger partial charge in [0.05, 0.1) is 0 Å². The summed E-state index contributed by atoms with van der Waals surface area (Å²) >= 11 is 4.82. The predicted molar refractivity (Wildman–Crippen MR) is 48.2 cm³/mol. The fourth-order valence-electron chi connectivity index (χ4n) is 0.233. The van der Waals surface area contributed by atoms with Crippen LogP contribution in [0.3, 0.4) is 0 Å². The molecule has 0 unspecified atom stereocenters. The van der Waals surface area contributed by atoms with E-state index in [4.69, 9.17) is 16.7 Å². The molecular weight excluding hydrogens is 200 g/mol. The molecule has 0 aliphatic carbocycles. The maximum Gasteiger partial charge on any atom is 0.404 e. The summed E-state index contributed by atoms with van der Waals surface area (Å²) in [6.45, 7) is 0.970. The van der Waals surface area contributed by atoms with Crippen LogP contribution in [-0.2, 0) is 4.74 Å². The van der Waals surface area contributed by atoms with Crippen molar-refractivity contribution in [3.8, 4) is 0 Å². The van der Waals surface area contributed by atoms with Gasteiger partial charge < -0.3 is 20.5 Å². The molecule has 0 aromatic heterocycles. The molecule has 0 saturated heterocycles. The van der Waals surface area contributed by atoms with Crippen LogP contribution < -0.4 is 10.6 Å². The first-order valence-electron chi connectivity index (χ1n) is 3.42. The molecule has 7 heteroatoms. The highest BCUT2D eigenvalue weighted by molar-refractivity contribution is 6.61. The SMILES string of the molecule is CNC(=O)O.CNCCOC(=O)Cl. The van der Waals surface area contributed by atoms with Gasteiger partial charge >= 0.3 is 11.5 Å². The Morgan fingerprint density at radius 2 is 1.92 bits per heavy atom. The van der Waals surface area contributed by atoms with Crippen LogP contribution in [0.1, 0.15) is 0 Å². The molecule has 0 fully saturated rings. The van der Waals surface area contributed by atoms with Crippen LogP contribution in [0.15, 0.2) is 0 Å². The Kier molecular flexibility index (Phi) is 12.3. The standard InChI is InChI=1S/C4H8ClNO2.C2H5NO2/c1-6-2-3-8-4(5)7;1-3-2(4)5/h6H,2-3H2,1H3;3H,1H3,(H,4,5). The molecule has 0 bridgehead atoms. The molecule has 6 nitrogen and oxygen atoms in total. The number of hydrogen-bond donors (Lipinski definition) is 3. The Hall–Kier alpha value is -1.01. The molecule has 13 heavy (non-hydrogen) atoms. The van der Waals surface area contributed by atoms with E-state index < -0.39 is 11.5 Å². The van der Waals surface area contributed by atoms with Gasteiger partial charge in [0.15, 0.2) is 0 Å². The van der Waals surface area contributed by atoms with Gasteiger partial charge in [0.25, 0.3) is 0 Å². The topological polar surface area (TPSA) is 87.7 Å². The van der Waals surface area contributed by atoms with E-state index in [1.54, 1.807) is 7.05 Å². The third-order valence-electron chi connectivity index (χ3n) is 0.781. The van der Waals surface area contributed by atoms with Gasteiger partial charge in [0.2, 0.25) is 0 Å². The van der Waals surface area contributed by atoms with Gasteiger partial charge in [-0.1, -0.05) is 0 Å². The number of carboxylic acid groups (broad SMARTS) is 1. The zero-order chi connectivity index (χ0) is 10.7. The van der Waals surface area contributed by atoms with Gasteiger partial charge in [0, 0.05) is 25.2 Å². The Labute approximate surface area is 81.2 Å². The van der Waals surface area contributed by atoms with Gasteiger partial charge in [-0.15, -0.1) is 0 Å². The number of rotatable bonds is 3. The van der Waals surface area contributed by atoms with Gasteiger partial charge in [-0.05, 0) is 7.05 Å². The van der Waals surface area contributed by atoms with E-state index in [9.17, 15) is 9.59 Å². The number of amides is 1. The summed E-state index contributed by atoms with van der Waals surface area (Å²) in [5.41, 5.74) is -0.750. The van der Waals surface area contributed by atoms with Crippen molar-refractivity contribution in [1.29, 1.82) is 0 Å². The lowest BCUT2D eigenvalue weighted by Crippen LogP contribution is -2.14. The van der Waals surface area contributed by atoms with Crippen molar-refractivity contribution < 1.29 is 19.4 Å². The van der Waals surface area contributed by atoms with Crippen molar-refractivity contribution in [3.05, 3.63) is 0 Å². The molecule has 0 radical (unpaired) electrons. The quantitative estimate of drug-likeness (QED) is 0.468. The summed E-state index contributed by atoms with van der Waals surface area (Å²) < 4.78 is 4.35. The molecule has 78 valence electrons. The van der Waals surface area contributed by atoms with E-state index in [2.05, 4.69) is 10.1 Å². The molecular formula is C6H13ClN2O4. The number of carbonyl (C=O) groups is 2. The van der Waals surface area contributed by atoms with Crippen LogP contribution in [0.2, 0.25) is 0 Å². The van der Waals surface area contributed by atoms with Crippen molar-refractivity contribution in [3.63, 3.8) is 0 Å². The van der Waals surface area contributed by atoms with E-state index in [-0.39, 0.29) is 0 Å². The predicted octanol–water partition coefficient (Wildman–Crippen LogP) is 0.465. The highest BCUT2D eigenvalue weighted by Gasteiger charge is 1.90. The lowest BCUT2D eigenvalue weighted by atomic mass is 10.7. The van der Waals surface area contributed by atoms with Crippen LogP contribution in [0, 0.1) is 0 Å². The van der Waals surface area contributed by atoms with Crippen molar-refractivity contribution >= 4 is 23.1 Å². The number of ether oxygens (including phenoxy) is 1. The Balaban J connectivity index is 0. The molecule has 3 N–H and O–H groups in total. The summed E-state index contributed by atoms with van der Waals surface area (Å²) in [5.74, 6) is 0. The second-order valence-electron chi connectivity index (χ2n) is 1.74. The minimum Gasteiger partial charge on any atom is -0.465 e. The third kappa shape index (κ3) is 24.8. The van der Waals surface area contributed by atoms with Crippen LogP contribution >= 0.6 is 11.6 Å². The Morgan fingerprint density at radius 1 is 1.46 bits per heavy atom. The fraction of sp³-hybridized carbons (Fsp3) is 0.667. The molecule has 0 atom stereocenters. The number of likely N-dealkylation sites (N-methyl/N-ethyl adjacent to an activating group) is 1. The van der Waals surface area contributed by atoms with Crippen LogP contribution in [0.4, 0.5) is 9.59 Å². The van der Waals surface area contributed by atoms with Crippen LogP contribution in [0.5, 0.6) is 0 Å². The molecule has 0 aliphatic rings. The molecule has 1 amide bonds. The zero-order valence-electron chi connectivity index (χ0n) is 7.46. The summed E-state index contributed by atoms with van der Waals surface area (Å²) in [5, 5.41) is 12.3. The van der Waals surface area contributed by atoms with Crippen LogP contribution in [0.25, 0.3) is 0 Å². The van der Waals surface area contributed by atoms with Crippen molar-refractivity contribution in [1.82, 2.24) is 10.6 Å². The molecule has 0 heterocycles. The average Bonchev–Trinajstić information content (AvgIpc) is 2.05. The largest absolute Gasteiger partial charge is 0.465 e. The number of nitrogens with one attached hydrogen (secondary N) is 2. The van der Waals surface area contributed by atoms with Gasteiger partial charge in [-0.25, -0.2) is 9.59 Å². The lowest BCUT2D eigenvalue weighted by Gasteiger charge is -1.96. The van der Waals surface area contributed by atoms with Crippen molar-refractivity contribution in [2.45, 2.75) is 0 Å². The van der Waals surface area contributed by atoms with E-state index in [1.807, 2.05) is 5.32 Å². The minimum atomic E-state index is -0.995. The number of carbonyl (C=O) groups excluding carboxylic acids is 1. The molecule has 0 aromatic rings. The average molecular weight is 213 g/mol. The maximum atomic E-state index is 9.83. The maximum absolute atomic E-state index is 9.83. The van der Waals surface area contributed by atoms with E-state index >= 15 is 0 Å². The first-order valence-corrected chi connectivity index (χ1v) is 3.80. The molecule has 0 spiro atoms. The highest BCUT2D eigenvalue weighted by atomic mass is 35.5. The molecule has 0 aliphatic heterocycles. The summed E-state index contributed by atoms with van der Waals surface area (Å²) in [4.78, 5) is 19.1. The minimum absolute atomic E-state index is 0.332. The number of hydrogen-bond acceptors (Lipinski definition) is 4. The zero-order valence-corrected chi connectivity index (χ0v) is 8.22. The lowest BCUT2D eigenvalue weighted by molar-refractivity contribution is 0.174. The monoisotopic (exact) mass is 212 g/mol. The Morgan fingerprint density at radius 3 is 2.15 bits per heavy atom. The first-order chi connectivity index (χ1) is 6.04. The summed E-state index contributed by atoms with van der Waals surface area (Å²) in [6.07, 6.45) is -0.995. The van der Waals surface area contributed by atoms with Crippen molar-refractivity contribution in [2.24, 2.45) is 0 Å². The van der Waals surface area contributed by atoms with Gasteiger partial charge in [-0.2, -0.15) is 0 Å². The normalized spacial score (nSPS) is 7.92. The second-order valence-corrected chi connectivity index (χ2v) is 2.05. The van der Waals surface area contributed by atoms with E-state index in [0.29, 0.717) is 13.2 Å². The van der Waals surface area contributed by atoms with Crippen molar-refractivity contribution in [2.75, 3.05) is 27.2 Å². The first kappa shape index (κ1) is 14.5. The second kappa shape index (κ2) is 11.0. The molecule has 0 saturated carbocycles. The van der Waals surface area contributed by atoms with Gasteiger partial charge in [-0.3, -0.25) is 0 Å². The molecule has 0 rings (SSSR count). The third-order valence-corrected chi connectivity index (χ3v) is 0.891. The summed E-state index contributed by atoms with van der Waals surface area (Å²) in [6, 6.07) is 0. The highest BCUT2D eigenvalue weighted by Crippen LogP contribution is 1.83. The molecule has 0 aromatic carbocycles. The smallest absolute Gasteiger partial charge is 0.404 e. The van der Waals surface area contributed by atoms with E-state index in [1.165, 1.54) is 7.05 Å². The summed E-state index contributed by atoms with van der Waals surface area (Å²) in [7, 11) is 3.12. The number of halogens is 1. The fourth-order valence-corrected chi connectivity index (χ4v) is 0.310. The van der Waals surface area contributed by atoms with Gasteiger partial charge in [0.1, 0.15) is 6.61 Å². The van der Waals surface area contributed by atoms with E-state index in [0.717, 1.165) is 0 Å². The van der Waals surface area contributed by atoms with Crippen LogP contribution in [-0.4, -0.2) is 43.9 Å². The Bertz CT molecular complexity index is 154.